The van der Waals surface area contributed by atoms with Crippen LogP contribution in [0.1, 0.15) is 33.7 Å². The van der Waals surface area contributed by atoms with Crippen LogP contribution in [0.3, 0.4) is 0 Å². The zero-order valence-electron chi connectivity index (χ0n) is 16.4. The summed E-state index contributed by atoms with van der Waals surface area (Å²) in [4.78, 5) is 19.4. The molecule has 0 aliphatic heterocycles. The number of benzene rings is 2. The van der Waals surface area contributed by atoms with Crippen LogP contribution in [0.4, 0.5) is 5.69 Å². The van der Waals surface area contributed by atoms with Crippen molar-refractivity contribution in [3.8, 4) is 0 Å². The molecule has 3 rings (SSSR count). The van der Waals surface area contributed by atoms with E-state index in [0.717, 1.165) is 22.4 Å². The molecule has 1 aromatic heterocycles. The third kappa shape index (κ3) is 4.43. The number of ketones is 1. The highest BCUT2D eigenvalue weighted by molar-refractivity contribution is 5.91. The van der Waals surface area contributed by atoms with E-state index >= 15 is 0 Å². The van der Waals surface area contributed by atoms with Gasteiger partial charge in [-0.1, -0.05) is 30.3 Å². The summed E-state index contributed by atoms with van der Waals surface area (Å²) in [6.07, 6.45) is 3.87. The van der Waals surface area contributed by atoms with Crippen molar-refractivity contribution in [3.05, 3.63) is 94.8 Å². The molecule has 0 saturated carbocycles. The topological polar surface area (TPSA) is 33.2 Å². The summed E-state index contributed by atoms with van der Waals surface area (Å²) in [6, 6.07) is 18.4. The first-order valence-corrected chi connectivity index (χ1v) is 9.22. The van der Waals surface area contributed by atoms with E-state index in [-0.39, 0.29) is 11.7 Å². The molecule has 3 aromatic rings. The normalized spacial score (nSPS) is 11.9. The Bertz CT molecular complexity index is 915. The Labute approximate surface area is 161 Å². The van der Waals surface area contributed by atoms with Crippen molar-refractivity contribution in [3.63, 3.8) is 0 Å². The quantitative estimate of drug-likeness (QED) is 0.640. The van der Waals surface area contributed by atoms with Gasteiger partial charge in [-0.15, -0.1) is 0 Å². The number of aromatic nitrogens is 1. The van der Waals surface area contributed by atoms with Crippen LogP contribution in [0.15, 0.2) is 67.0 Å². The van der Waals surface area contributed by atoms with Gasteiger partial charge in [0.2, 0.25) is 0 Å². The molecule has 1 atom stereocenters. The summed E-state index contributed by atoms with van der Waals surface area (Å²) in [7, 11) is 4.04. The third-order valence-electron chi connectivity index (χ3n) is 5.06. The molecule has 1 unspecified atom stereocenters. The molecular weight excluding hydrogens is 332 g/mol. The SMILES string of the molecule is Cc1ccc(C(C(=O)Cc2ccncc2)c2ccc(N(C)C)cc2)cc1C. The van der Waals surface area contributed by atoms with E-state index < -0.39 is 0 Å². The Kier molecular flexibility index (Phi) is 5.70. The minimum absolute atomic E-state index is 0.196. The van der Waals surface area contributed by atoms with Gasteiger partial charge in [-0.3, -0.25) is 9.78 Å². The average molecular weight is 358 g/mol. The fourth-order valence-corrected chi connectivity index (χ4v) is 3.28. The molecular formula is C24H26N2O. The average Bonchev–Trinajstić information content (AvgIpc) is 2.66. The van der Waals surface area contributed by atoms with E-state index in [1.807, 2.05) is 26.2 Å². The van der Waals surface area contributed by atoms with Gasteiger partial charge in [-0.05, 0) is 65.9 Å². The second-order valence-corrected chi connectivity index (χ2v) is 7.26. The van der Waals surface area contributed by atoms with Gasteiger partial charge in [0.05, 0.1) is 5.92 Å². The first-order valence-electron chi connectivity index (χ1n) is 9.22. The van der Waals surface area contributed by atoms with Crippen molar-refractivity contribution < 1.29 is 4.79 Å². The molecule has 0 N–H and O–H groups in total. The van der Waals surface area contributed by atoms with E-state index in [2.05, 4.69) is 66.2 Å². The smallest absolute Gasteiger partial charge is 0.149 e. The maximum atomic E-state index is 13.3. The number of hydrogen-bond acceptors (Lipinski definition) is 3. The first kappa shape index (κ1) is 18.8. The van der Waals surface area contributed by atoms with Crippen molar-refractivity contribution in [2.24, 2.45) is 0 Å². The lowest BCUT2D eigenvalue weighted by atomic mass is 9.84. The van der Waals surface area contributed by atoms with Crippen LogP contribution >= 0.6 is 0 Å². The molecule has 0 aliphatic rings. The molecule has 0 bridgehead atoms. The number of carbonyl (C=O) groups excluding carboxylic acids is 1. The van der Waals surface area contributed by atoms with Crippen LogP contribution in [-0.2, 0) is 11.2 Å². The van der Waals surface area contributed by atoms with Crippen LogP contribution in [0, 0.1) is 13.8 Å². The Hall–Kier alpha value is -2.94. The van der Waals surface area contributed by atoms with E-state index in [4.69, 9.17) is 0 Å². The van der Waals surface area contributed by atoms with Crippen LogP contribution in [0.25, 0.3) is 0 Å². The summed E-state index contributed by atoms with van der Waals surface area (Å²) in [5.74, 6) is -0.0734. The second kappa shape index (κ2) is 8.17. The summed E-state index contributed by atoms with van der Waals surface area (Å²) in [5.41, 5.74) is 6.65. The highest BCUT2D eigenvalue weighted by Gasteiger charge is 2.23. The Morgan fingerprint density at radius 2 is 1.52 bits per heavy atom. The highest BCUT2D eigenvalue weighted by Crippen LogP contribution is 2.30. The molecule has 0 saturated heterocycles. The van der Waals surface area contributed by atoms with Gasteiger partial charge in [-0.2, -0.15) is 0 Å². The van der Waals surface area contributed by atoms with Gasteiger partial charge < -0.3 is 4.90 Å². The number of nitrogens with zero attached hydrogens (tertiary/aromatic N) is 2. The number of Topliss-reactive ketones (excluding diaryl/α,β-unsaturated/α-hetero) is 1. The molecule has 27 heavy (non-hydrogen) atoms. The van der Waals surface area contributed by atoms with Gasteiger partial charge in [0, 0.05) is 38.6 Å². The predicted molar refractivity (Wildman–Crippen MR) is 111 cm³/mol. The molecule has 0 aliphatic carbocycles. The standard InChI is InChI=1S/C24H26N2O/c1-17-5-6-21(15-18(17)2)24(20-7-9-22(10-8-20)26(3)4)23(27)16-19-11-13-25-14-12-19/h5-15,24H,16H2,1-4H3. The number of rotatable bonds is 6. The number of carbonyl (C=O) groups is 1. The van der Waals surface area contributed by atoms with Crippen LogP contribution in [-0.4, -0.2) is 24.9 Å². The van der Waals surface area contributed by atoms with E-state index in [1.54, 1.807) is 12.4 Å². The van der Waals surface area contributed by atoms with Crippen molar-refractivity contribution in [2.45, 2.75) is 26.2 Å². The summed E-state index contributed by atoms with van der Waals surface area (Å²) >= 11 is 0. The van der Waals surface area contributed by atoms with Gasteiger partial charge in [0.25, 0.3) is 0 Å². The van der Waals surface area contributed by atoms with E-state index in [9.17, 15) is 4.79 Å². The maximum absolute atomic E-state index is 13.3. The van der Waals surface area contributed by atoms with Crippen LogP contribution < -0.4 is 4.90 Å². The van der Waals surface area contributed by atoms with Crippen molar-refractivity contribution in [1.29, 1.82) is 0 Å². The number of hydrogen-bond donors (Lipinski definition) is 0. The molecule has 1 heterocycles. The highest BCUT2D eigenvalue weighted by atomic mass is 16.1. The Morgan fingerprint density at radius 3 is 2.11 bits per heavy atom. The minimum Gasteiger partial charge on any atom is -0.378 e. The molecule has 138 valence electrons. The molecule has 0 radical (unpaired) electrons. The minimum atomic E-state index is -0.270. The van der Waals surface area contributed by atoms with E-state index in [0.29, 0.717) is 6.42 Å². The Morgan fingerprint density at radius 1 is 0.889 bits per heavy atom. The van der Waals surface area contributed by atoms with Gasteiger partial charge in [0.15, 0.2) is 0 Å². The zero-order valence-corrected chi connectivity index (χ0v) is 16.4. The van der Waals surface area contributed by atoms with Crippen LogP contribution in [0.2, 0.25) is 0 Å². The molecule has 0 amide bonds. The molecule has 0 spiro atoms. The summed E-state index contributed by atoms with van der Waals surface area (Å²) in [5, 5.41) is 0. The number of pyridine rings is 1. The lowest BCUT2D eigenvalue weighted by Gasteiger charge is -2.20. The molecule has 3 heteroatoms. The van der Waals surface area contributed by atoms with Crippen molar-refractivity contribution in [2.75, 3.05) is 19.0 Å². The number of aryl methyl sites for hydroxylation is 2. The Balaban J connectivity index is 1.99. The van der Waals surface area contributed by atoms with Gasteiger partial charge in [-0.25, -0.2) is 0 Å². The van der Waals surface area contributed by atoms with Crippen molar-refractivity contribution >= 4 is 11.5 Å². The lowest BCUT2D eigenvalue weighted by molar-refractivity contribution is -0.119. The maximum Gasteiger partial charge on any atom is 0.149 e. The predicted octanol–water partition coefficient (Wildman–Crippen LogP) is 4.71. The largest absolute Gasteiger partial charge is 0.378 e. The zero-order chi connectivity index (χ0) is 19.4. The monoisotopic (exact) mass is 358 g/mol. The number of anilines is 1. The van der Waals surface area contributed by atoms with E-state index in [1.165, 1.54) is 11.1 Å². The second-order valence-electron chi connectivity index (χ2n) is 7.26. The molecule has 3 nitrogen and oxygen atoms in total. The third-order valence-corrected chi connectivity index (χ3v) is 5.06. The molecule has 2 aromatic carbocycles. The molecule has 0 fully saturated rings. The van der Waals surface area contributed by atoms with Crippen molar-refractivity contribution in [1.82, 2.24) is 4.98 Å². The summed E-state index contributed by atoms with van der Waals surface area (Å²) < 4.78 is 0. The van der Waals surface area contributed by atoms with Crippen LogP contribution in [0.5, 0.6) is 0 Å². The summed E-state index contributed by atoms with van der Waals surface area (Å²) in [6.45, 7) is 4.19. The lowest BCUT2D eigenvalue weighted by Crippen LogP contribution is -2.17. The van der Waals surface area contributed by atoms with Gasteiger partial charge >= 0.3 is 0 Å². The van der Waals surface area contributed by atoms with Gasteiger partial charge in [0.1, 0.15) is 5.78 Å². The first-order chi connectivity index (χ1) is 13.0. The fourth-order valence-electron chi connectivity index (χ4n) is 3.28. The fraction of sp³-hybridized carbons (Fsp3) is 0.250.